The number of benzene rings is 2. The van der Waals surface area contributed by atoms with Gasteiger partial charge in [-0.3, -0.25) is 9.59 Å². The molecule has 2 aromatic rings. The molecule has 0 unspecified atom stereocenters. The highest BCUT2D eigenvalue weighted by Crippen LogP contribution is 2.20. The van der Waals surface area contributed by atoms with Crippen LogP contribution >= 0.6 is 0 Å². The van der Waals surface area contributed by atoms with Gasteiger partial charge in [0, 0.05) is 17.2 Å². The summed E-state index contributed by atoms with van der Waals surface area (Å²) in [5.74, 6) is -0.426. The Morgan fingerprint density at radius 3 is 2.13 bits per heavy atom. The molecule has 0 atom stereocenters. The van der Waals surface area contributed by atoms with Crippen LogP contribution in [0.4, 0.5) is 4.39 Å². The standard InChI is InChI=1S/C17H23NO.C8H7FO.C2H6/c1-3-7-13(2)14-8-6-9-15(12-14)17(19)18-16-10-4-5-11-16;1-6(10)7-3-2-4-8(9)5-7;1-2/h6,8-9,12,16H,2-5,7,10-11H2,1H3,(H,18,19);2-5H,1H3;1-2H3. The zero-order valence-electron chi connectivity index (χ0n) is 19.3. The van der Waals surface area contributed by atoms with Crippen LogP contribution in [0.25, 0.3) is 5.57 Å². The van der Waals surface area contributed by atoms with E-state index in [0.717, 1.165) is 42.4 Å². The fraction of sp³-hybridized carbons (Fsp3) is 0.407. The molecule has 3 rings (SSSR count). The molecule has 0 radical (unpaired) electrons. The van der Waals surface area contributed by atoms with Crippen LogP contribution in [0.15, 0.2) is 55.1 Å². The summed E-state index contributed by atoms with van der Waals surface area (Å²) in [5.41, 5.74) is 3.36. The number of hydrogen-bond donors (Lipinski definition) is 1. The van der Waals surface area contributed by atoms with Gasteiger partial charge in [0.25, 0.3) is 5.91 Å². The summed E-state index contributed by atoms with van der Waals surface area (Å²) >= 11 is 0. The molecule has 0 heterocycles. The molecule has 0 aliphatic heterocycles. The van der Waals surface area contributed by atoms with Gasteiger partial charge < -0.3 is 5.32 Å². The maximum atomic E-state index is 12.4. The van der Waals surface area contributed by atoms with Crippen molar-refractivity contribution in [1.29, 1.82) is 0 Å². The molecule has 2 aromatic carbocycles. The van der Waals surface area contributed by atoms with Crippen molar-refractivity contribution >= 4 is 17.3 Å². The zero-order valence-corrected chi connectivity index (χ0v) is 19.3. The van der Waals surface area contributed by atoms with Crippen LogP contribution in [0.3, 0.4) is 0 Å². The fourth-order valence-electron chi connectivity index (χ4n) is 3.37. The molecule has 0 bridgehead atoms. The largest absolute Gasteiger partial charge is 0.349 e. The lowest BCUT2D eigenvalue weighted by Crippen LogP contribution is -2.32. The minimum Gasteiger partial charge on any atom is -0.349 e. The topological polar surface area (TPSA) is 46.2 Å². The van der Waals surface area contributed by atoms with E-state index in [1.807, 2.05) is 38.1 Å². The normalized spacial score (nSPS) is 12.7. The predicted molar refractivity (Wildman–Crippen MR) is 128 cm³/mol. The number of carbonyl (C=O) groups excluding carboxylic acids is 2. The highest BCUT2D eigenvalue weighted by molar-refractivity contribution is 5.95. The van der Waals surface area contributed by atoms with Gasteiger partial charge in [-0.05, 0) is 61.6 Å². The molecular weight excluding hydrogens is 389 g/mol. The van der Waals surface area contributed by atoms with Gasteiger partial charge in [-0.25, -0.2) is 4.39 Å². The van der Waals surface area contributed by atoms with E-state index >= 15 is 0 Å². The number of nitrogens with one attached hydrogen (secondary N) is 1. The van der Waals surface area contributed by atoms with Gasteiger partial charge in [0.05, 0.1) is 0 Å². The van der Waals surface area contributed by atoms with Crippen molar-refractivity contribution in [2.75, 3.05) is 0 Å². The van der Waals surface area contributed by atoms with E-state index in [1.165, 1.54) is 38.0 Å². The first-order valence-electron chi connectivity index (χ1n) is 11.3. The molecule has 0 spiro atoms. The summed E-state index contributed by atoms with van der Waals surface area (Å²) in [6, 6.07) is 13.8. The van der Waals surface area contributed by atoms with E-state index in [4.69, 9.17) is 0 Å². The third kappa shape index (κ3) is 9.29. The quantitative estimate of drug-likeness (QED) is 0.496. The number of Topliss-reactive ketones (excluding diaryl/α,β-unsaturated/α-hetero) is 1. The number of allylic oxidation sites excluding steroid dienone is 1. The second-order valence-corrected chi connectivity index (χ2v) is 7.46. The minimum atomic E-state index is -0.368. The Hall–Kier alpha value is -2.75. The Morgan fingerprint density at radius 1 is 1.00 bits per heavy atom. The lowest BCUT2D eigenvalue weighted by atomic mass is 10.0. The lowest BCUT2D eigenvalue weighted by molar-refractivity contribution is 0.0937. The van der Waals surface area contributed by atoms with Crippen LogP contribution in [-0.4, -0.2) is 17.7 Å². The van der Waals surface area contributed by atoms with Crippen LogP contribution in [0.5, 0.6) is 0 Å². The van der Waals surface area contributed by atoms with Gasteiger partial charge in [-0.1, -0.05) is 70.9 Å². The number of halogens is 1. The number of rotatable bonds is 6. The molecule has 1 aliphatic carbocycles. The Morgan fingerprint density at radius 2 is 1.58 bits per heavy atom. The second kappa shape index (κ2) is 14.3. The number of amides is 1. The third-order valence-electron chi connectivity index (χ3n) is 5.01. The average molecular weight is 426 g/mol. The van der Waals surface area contributed by atoms with Gasteiger partial charge in [0.15, 0.2) is 5.78 Å². The van der Waals surface area contributed by atoms with Crippen molar-refractivity contribution in [2.45, 2.75) is 72.3 Å². The molecule has 31 heavy (non-hydrogen) atoms. The average Bonchev–Trinajstić information content (AvgIpc) is 3.29. The smallest absolute Gasteiger partial charge is 0.251 e. The lowest BCUT2D eigenvalue weighted by Gasteiger charge is -2.13. The highest BCUT2D eigenvalue weighted by Gasteiger charge is 2.18. The van der Waals surface area contributed by atoms with Crippen LogP contribution in [0.1, 0.15) is 92.5 Å². The Labute approximate surface area is 186 Å². The van der Waals surface area contributed by atoms with Gasteiger partial charge in [-0.2, -0.15) is 0 Å². The first kappa shape index (κ1) is 26.3. The van der Waals surface area contributed by atoms with Gasteiger partial charge in [-0.15, -0.1) is 0 Å². The van der Waals surface area contributed by atoms with Gasteiger partial charge in [0.2, 0.25) is 0 Å². The number of ketones is 1. The van der Waals surface area contributed by atoms with Crippen molar-refractivity contribution < 1.29 is 14.0 Å². The third-order valence-corrected chi connectivity index (χ3v) is 5.01. The van der Waals surface area contributed by atoms with Crippen molar-refractivity contribution in [3.63, 3.8) is 0 Å². The molecule has 1 amide bonds. The van der Waals surface area contributed by atoms with Crippen LogP contribution in [0, 0.1) is 5.82 Å². The molecule has 1 aliphatic rings. The SMILES string of the molecule is C=C(CCC)c1cccc(C(=O)NC2CCCC2)c1.CC.CC(=O)c1cccc(F)c1. The first-order valence-corrected chi connectivity index (χ1v) is 11.3. The minimum absolute atomic E-state index is 0.0537. The van der Waals surface area contributed by atoms with E-state index in [2.05, 4.69) is 18.8 Å². The molecule has 4 heteroatoms. The summed E-state index contributed by atoms with van der Waals surface area (Å²) in [4.78, 5) is 22.8. The van der Waals surface area contributed by atoms with Crippen LogP contribution in [0.2, 0.25) is 0 Å². The van der Waals surface area contributed by atoms with Crippen LogP contribution in [-0.2, 0) is 0 Å². The Balaban J connectivity index is 0.000000337. The summed E-state index contributed by atoms with van der Waals surface area (Å²) in [5, 5.41) is 3.12. The summed E-state index contributed by atoms with van der Waals surface area (Å²) < 4.78 is 12.4. The van der Waals surface area contributed by atoms with Gasteiger partial charge in [0.1, 0.15) is 5.82 Å². The summed E-state index contributed by atoms with van der Waals surface area (Å²) in [6.45, 7) is 11.6. The van der Waals surface area contributed by atoms with E-state index in [9.17, 15) is 14.0 Å². The fourth-order valence-corrected chi connectivity index (χ4v) is 3.37. The van der Waals surface area contributed by atoms with E-state index < -0.39 is 0 Å². The zero-order chi connectivity index (χ0) is 23.2. The second-order valence-electron chi connectivity index (χ2n) is 7.46. The molecular formula is C27H36FNO2. The Bertz CT molecular complexity index is 854. The highest BCUT2D eigenvalue weighted by atomic mass is 19.1. The molecule has 1 fully saturated rings. The summed E-state index contributed by atoms with van der Waals surface area (Å²) in [7, 11) is 0. The summed E-state index contributed by atoms with van der Waals surface area (Å²) in [6.07, 6.45) is 6.77. The number of carbonyl (C=O) groups is 2. The maximum Gasteiger partial charge on any atom is 0.251 e. The first-order chi connectivity index (χ1) is 14.9. The van der Waals surface area contributed by atoms with E-state index in [0.29, 0.717) is 11.6 Å². The van der Waals surface area contributed by atoms with Gasteiger partial charge >= 0.3 is 0 Å². The molecule has 0 saturated heterocycles. The van der Waals surface area contributed by atoms with Crippen LogP contribution < -0.4 is 5.32 Å². The van der Waals surface area contributed by atoms with Crippen molar-refractivity contribution in [3.05, 3.63) is 77.6 Å². The molecule has 1 N–H and O–H groups in total. The van der Waals surface area contributed by atoms with Crippen molar-refractivity contribution in [3.8, 4) is 0 Å². The Kier molecular flexibility index (Phi) is 12.1. The predicted octanol–water partition coefficient (Wildman–Crippen LogP) is 7.23. The van der Waals surface area contributed by atoms with E-state index in [-0.39, 0.29) is 17.5 Å². The van der Waals surface area contributed by atoms with Crippen molar-refractivity contribution in [1.82, 2.24) is 5.32 Å². The maximum absolute atomic E-state index is 12.4. The molecule has 3 nitrogen and oxygen atoms in total. The molecule has 0 aromatic heterocycles. The molecule has 1 saturated carbocycles. The van der Waals surface area contributed by atoms with Crippen molar-refractivity contribution in [2.24, 2.45) is 0 Å². The monoisotopic (exact) mass is 425 g/mol. The number of hydrogen-bond acceptors (Lipinski definition) is 2. The van der Waals surface area contributed by atoms with E-state index in [1.54, 1.807) is 6.07 Å². The molecule has 168 valence electrons.